The highest BCUT2D eigenvalue weighted by molar-refractivity contribution is 7.89. The van der Waals surface area contributed by atoms with Crippen LogP contribution < -0.4 is 0 Å². The van der Waals surface area contributed by atoms with Crippen LogP contribution in [0, 0.1) is 12.7 Å². The van der Waals surface area contributed by atoms with Gasteiger partial charge in [-0.15, -0.1) is 0 Å². The fourth-order valence-corrected chi connectivity index (χ4v) is 4.19. The maximum absolute atomic E-state index is 13.0. The number of rotatable bonds is 3. The molecular formula is C16H18FN3O4S. The molecule has 1 aliphatic heterocycles. The van der Waals surface area contributed by atoms with Gasteiger partial charge in [0.05, 0.1) is 4.90 Å². The van der Waals surface area contributed by atoms with Crippen molar-refractivity contribution in [2.24, 2.45) is 0 Å². The Labute approximate surface area is 145 Å². The van der Waals surface area contributed by atoms with Gasteiger partial charge in [0.1, 0.15) is 11.6 Å². The van der Waals surface area contributed by atoms with Crippen molar-refractivity contribution in [3.8, 4) is 0 Å². The first-order valence-electron chi connectivity index (χ1n) is 7.86. The minimum absolute atomic E-state index is 0.0424. The Morgan fingerprint density at radius 1 is 1.16 bits per heavy atom. The lowest BCUT2D eigenvalue weighted by atomic mass is 10.3. The zero-order chi connectivity index (χ0) is 18.0. The smallest absolute Gasteiger partial charge is 0.276 e. The molecule has 1 saturated heterocycles. The number of sulfonamides is 1. The Bertz CT molecular complexity index is 864. The number of carbonyl (C=O) groups is 1. The second-order valence-corrected chi connectivity index (χ2v) is 7.76. The summed E-state index contributed by atoms with van der Waals surface area (Å²) in [6, 6.07) is 6.29. The molecular weight excluding hydrogens is 349 g/mol. The molecule has 7 nitrogen and oxygen atoms in total. The topological polar surface area (TPSA) is 83.7 Å². The number of hydrogen-bond donors (Lipinski definition) is 0. The molecule has 1 aromatic carbocycles. The highest BCUT2D eigenvalue weighted by Gasteiger charge is 2.29. The summed E-state index contributed by atoms with van der Waals surface area (Å²) in [4.78, 5) is 14.0. The van der Waals surface area contributed by atoms with E-state index >= 15 is 0 Å². The van der Waals surface area contributed by atoms with Crippen molar-refractivity contribution in [3.05, 3.63) is 47.6 Å². The van der Waals surface area contributed by atoms with Crippen molar-refractivity contribution in [2.45, 2.75) is 18.2 Å². The van der Waals surface area contributed by atoms with E-state index in [1.807, 2.05) is 0 Å². The van der Waals surface area contributed by atoms with Crippen LogP contribution in [0.4, 0.5) is 4.39 Å². The Hall–Kier alpha value is -2.26. The summed E-state index contributed by atoms with van der Waals surface area (Å²) in [5, 5.41) is 3.71. The number of halogens is 1. The van der Waals surface area contributed by atoms with E-state index in [0.29, 0.717) is 25.3 Å². The third-order valence-electron chi connectivity index (χ3n) is 4.04. The van der Waals surface area contributed by atoms with E-state index in [1.165, 1.54) is 16.4 Å². The molecule has 1 amide bonds. The summed E-state index contributed by atoms with van der Waals surface area (Å²) in [5.74, 6) is -0.231. The summed E-state index contributed by atoms with van der Waals surface area (Å²) in [5.41, 5.74) is 0.215. The van der Waals surface area contributed by atoms with Crippen LogP contribution in [0.3, 0.4) is 0 Å². The van der Waals surface area contributed by atoms with Gasteiger partial charge in [0, 0.05) is 32.2 Å². The van der Waals surface area contributed by atoms with Gasteiger partial charge in [-0.25, -0.2) is 12.8 Å². The first kappa shape index (κ1) is 17.6. The van der Waals surface area contributed by atoms with E-state index in [-0.39, 0.29) is 29.6 Å². The number of amides is 1. The van der Waals surface area contributed by atoms with Crippen molar-refractivity contribution in [1.29, 1.82) is 0 Å². The summed E-state index contributed by atoms with van der Waals surface area (Å²) in [6.45, 7) is 2.85. The van der Waals surface area contributed by atoms with E-state index in [2.05, 4.69) is 5.16 Å². The van der Waals surface area contributed by atoms with Crippen LogP contribution in [-0.2, 0) is 10.0 Å². The third kappa shape index (κ3) is 3.72. The van der Waals surface area contributed by atoms with Gasteiger partial charge in [0.15, 0.2) is 5.69 Å². The number of hydrogen-bond acceptors (Lipinski definition) is 5. The molecule has 0 bridgehead atoms. The lowest BCUT2D eigenvalue weighted by Gasteiger charge is -2.21. The number of aryl methyl sites for hydroxylation is 1. The molecule has 0 radical (unpaired) electrons. The Morgan fingerprint density at radius 3 is 2.52 bits per heavy atom. The molecule has 1 aromatic heterocycles. The Morgan fingerprint density at radius 2 is 1.88 bits per heavy atom. The average Bonchev–Trinajstić information content (AvgIpc) is 2.86. The molecule has 3 rings (SSSR count). The normalized spacial score (nSPS) is 16.6. The number of aromatic nitrogens is 1. The number of benzene rings is 1. The van der Waals surface area contributed by atoms with Crippen LogP contribution in [-0.4, -0.2) is 54.9 Å². The minimum atomic E-state index is -3.72. The average molecular weight is 367 g/mol. The first-order valence-corrected chi connectivity index (χ1v) is 9.30. The minimum Gasteiger partial charge on any atom is -0.361 e. The molecule has 2 aromatic rings. The largest absolute Gasteiger partial charge is 0.361 e. The molecule has 25 heavy (non-hydrogen) atoms. The Kier molecular flexibility index (Phi) is 4.87. The van der Waals surface area contributed by atoms with Crippen molar-refractivity contribution in [3.63, 3.8) is 0 Å². The molecule has 0 spiro atoms. The molecule has 134 valence electrons. The fraction of sp³-hybridized carbons (Fsp3) is 0.375. The van der Waals surface area contributed by atoms with Crippen molar-refractivity contribution in [2.75, 3.05) is 26.2 Å². The highest BCUT2D eigenvalue weighted by Crippen LogP contribution is 2.19. The van der Waals surface area contributed by atoms with Crippen LogP contribution in [0.2, 0.25) is 0 Å². The zero-order valence-corrected chi connectivity index (χ0v) is 14.5. The highest BCUT2D eigenvalue weighted by atomic mass is 32.2. The van der Waals surface area contributed by atoms with E-state index < -0.39 is 15.8 Å². The van der Waals surface area contributed by atoms with Crippen LogP contribution in [0.1, 0.15) is 22.7 Å². The maximum atomic E-state index is 13.0. The first-order chi connectivity index (χ1) is 11.9. The monoisotopic (exact) mass is 367 g/mol. The lowest BCUT2D eigenvalue weighted by molar-refractivity contribution is 0.0754. The molecule has 0 atom stereocenters. The molecule has 9 heteroatoms. The molecule has 1 aliphatic rings. The fourth-order valence-electron chi connectivity index (χ4n) is 2.72. The SMILES string of the molecule is Cc1cc(C(=O)N2CCCN(S(=O)(=O)c3ccc(F)cc3)CC2)no1. The predicted octanol–water partition coefficient (Wildman–Crippen LogP) is 1.66. The molecule has 0 aliphatic carbocycles. The van der Waals surface area contributed by atoms with Gasteiger partial charge in [-0.3, -0.25) is 4.79 Å². The van der Waals surface area contributed by atoms with Gasteiger partial charge in [-0.05, 0) is 37.6 Å². The van der Waals surface area contributed by atoms with Gasteiger partial charge < -0.3 is 9.42 Å². The second kappa shape index (κ2) is 6.93. The van der Waals surface area contributed by atoms with Crippen LogP contribution >= 0.6 is 0 Å². The van der Waals surface area contributed by atoms with E-state index in [4.69, 9.17) is 4.52 Å². The van der Waals surface area contributed by atoms with Crippen LogP contribution in [0.5, 0.6) is 0 Å². The number of nitrogens with zero attached hydrogens (tertiary/aromatic N) is 3. The number of carbonyl (C=O) groups excluding carboxylic acids is 1. The maximum Gasteiger partial charge on any atom is 0.276 e. The zero-order valence-electron chi connectivity index (χ0n) is 13.7. The van der Waals surface area contributed by atoms with E-state index in [9.17, 15) is 17.6 Å². The van der Waals surface area contributed by atoms with Crippen molar-refractivity contribution < 1.29 is 22.1 Å². The van der Waals surface area contributed by atoms with E-state index in [0.717, 1.165) is 12.1 Å². The van der Waals surface area contributed by atoms with Gasteiger partial charge in [-0.2, -0.15) is 4.31 Å². The van der Waals surface area contributed by atoms with Gasteiger partial charge in [-0.1, -0.05) is 5.16 Å². The molecule has 0 unspecified atom stereocenters. The van der Waals surface area contributed by atoms with Gasteiger partial charge in [0.25, 0.3) is 5.91 Å². The summed E-state index contributed by atoms with van der Waals surface area (Å²) in [7, 11) is -3.72. The summed E-state index contributed by atoms with van der Waals surface area (Å²) >= 11 is 0. The standard InChI is InChI=1S/C16H18FN3O4S/c1-12-11-15(18-24-12)16(21)19-7-2-8-20(10-9-19)25(22,23)14-5-3-13(17)4-6-14/h3-6,11H,2,7-10H2,1H3. The molecule has 0 N–H and O–H groups in total. The summed E-state index contributed by atoms with van der Waals surface area (Å²) in [6.07, 6.45) is 0.503. The lowest BCUT2D eigenvalue weighted by Crippen LogP contribution is -2.37. The predicted molar refractivity (Wildman–Crippen MR) is 86.9 cm³/mol. The van der Waals surface area contributed by atoms with Crippen LogP contribution in [0.25, 0.3) is 0 Å². The molecule has 2 heterocycles. The van der Waals surface area contributed by atoms with Crippen molar-refractivity contribution in [1.82, 2.24) is 14.4 Å². The molecule has 1 fully saturated rings. The van der Waals surface area contributed by atoms with E-state index in [1.54, 1.807) is 17.9 Å². The van der Waals surface area contributed by atoms with Gasteiger partial charge >= 0.3 is 0 Å². The Balaban J connectivity index is 1.73. The third-order valence-corrected chi connectivity index (χ3v) is 5.95. The van der Waals surface area contributed by atoms with Crippen molar-refractivity contribution >= 4 is 15.9 Å². The van der Waals surface area contributed by atoms with Crippen LogP contribution in [0.15, 0.2) is 39.8 Å². The quantitative estimate of drug-likeness (QED) is 0.824. The summed E-state index contributed by atoms with van der Waals surface area (Å²) < 4.78 is 44.6. The molecule has 0 saturated carbocycles. The second-order valence-electron chi connectivity index (χ2n) is 5.83. The van der Waals surface area contributed by atoms with Gasteiger partial charge in [0.2, 0.25) is 10.0 Å².